The first-order valence-electron chi connectivity index (χ1n) is 15.1. The molecular weight excluding hydrogens is 602 g/mol. The average Bonchev–Trinajstić information content (AvgIpc) is 3.44. The highest BCUT2D eigenvalue weighted by atomic mass is 16.6. The summed E-state index contributed by atoms with van der Waals surface area (Å²) in [5, 5.41) is 22.1. The SMILES string of the molecule is CCOC(=O)N1CCN(C(=O)[C@H](CCC(=O)O)NC(=O)c2cc(OCC(=O)N3CCC[C@@]3(C)C(=O)O)c3ccc(C)cc3n2)CC1. The van der Waals surface area contributed by atoms with Crippen molar-refractivity contribution in [3.8, 4) is 5.75 Å². The summed E-state index contributed by atoms with van der Waals surface area (Å²) in [4.78, 5) is 84.0. The third-order valence-electron chi connectivity index (χ3n) is 8.28. The quantitative estimate of drug-likeness (QED) is 0.323. The second-order valence-corrected chi connectivity index (χ2v) is 11.5. The van der Waals surface area contributed by atoms with Gasteiger partial charge in [0.15, 0.2) is 6.61 Å². The molecule has 15 heteroatoms. The molecule has 4 rings (SSSR count). The van der Waals surface area contributed by atoms with E-state index < -0.39 is 53.9 Å². The first-order valence-corrected chi connectivity index (χ1v) is 15.1. The molecule has 46 heavy (non-hydrogen) atoms. The number of carboxylic acid groups (broad SMARTS) is 2. The first kappa shape index (κ1) is 33.9. The van der Waals surface area contributed by atoms with Gasteiger partial charge < -0.3 is 39.7 Å². The average molecular weight is 642 g/mol. The van der Waals surface area contributed by atoms with E-state index in [-0.39, 0.29) is 63.6 Å². The minimum absolute atomic E-state index is 0.127. The number of rotatable bonds is 11. The van der Waals surface area contributed by atoms with Crippen LogP contribution in [0.15, 0.2) is 24.3 Å². The third-order valence-corrected chi connectivity index (χ3v) is 8.28. The Hall–Kier alpha value is -4.95. The van der Waals surface area contributed by atoms with Gasteiger partial charge in [-0.05, 0) is 57.7 Å². The zero-order valence-electron chi connectivity index (χ0n) is 26.1. The van der Waals surface area contributed by atoms with Crippen molar-refractivity contribution in [2.45, 2.75) is 58.0 Å². The van der Waals surface area contributed by atoms with Gasteiger partial charge in [0.25, 0.3) is 11.8 Å². The molecule has 0 bridgehead atoms. The highest BCUT2D eigenvalue weighted by molar-refractivity contribution is 5.99. The maximum absolute atomic E-state index is 13.5. The molecule has 4 amide bonds. The van der Waals surface area contributed by atoms with Crippen molar-refractivity contribution in [1.82, 2.24) is 25.0 Å². The number of carbonyl (C=O) groups is 6. The summed E-state index contributed by atoms with van der Waals surface area (Å²) < 4.78 is 10.9. The lowest BCUT2D eigenvalue weighted by atomic mass is 9.99. The summed E-state index contributed by atoms with van der Waals surface area (Å²) in [5.74, 6) is -3.86. The fourth-order valence-electron chi connectivity index (χ4n) is 5.65. The van der Waals surface area contributed by atoms with Gasteiger partial charge in [0.05, 0.1) is 12.1 Å². The molecule has 1 aromatic heterocycles. The van der Waals surface area contributed by atoms with Crippen molar-refractivity contribution in [2.75, 3.05) is 45.9 Å². The Morgan fingerprint density at radius 3 is 2.37 bits per heavy atom. The summed E-state index contributed by atoms with van der Waals surface area (Å²) in [6.07, 6.45) is -0.191. The Bertz CT molecular complexity index is 1520. The van der Waals surface area contributed by atoms with E-state index in [2.05, 4.69) is 10.3 Å². The van der Waals surface area contributed by atoms with Crippen LogP contribution in [0.5, 0.6) is 5.75 Å². The van der Waals surface area contributed by atoms with Gasteiger partial charge in [-0.1, -0.05) is 6.07 Å². The van der Waals surface area contributed by atoms with Crippen LogP contribution in [0, 0.1) is 6.92 Å². The topological polar surface area (TPSA) is 196 Å². The van der Waals surface area contributed by atoms with Crippen molar-refractivity contribution < 1.29 is 48.5 Å². The molecule has 15 nitrogen and oxygen atoms in total. The monoisotopic (exact) mass is 641 g/mol. The number of hydrogen-bond acceptors (Lipinski definition) is 9. The predicted octanol–water partition coefficient (Wildman–Crippen LogP) is 1.65. The highest BCUT2D eigenvalue weighted by Crippen LogP contribution is 2.31. The number of piperazine rings is 1. The Morgan fingerprint density at radius 1 is 1.02 bits per heavy atom. The molecule has 0 spiro atoms. The number of aromatic nitrogens is 1. The number of benzene rings is 1. The molecule has 2 aliphatic rings. The lowest BCUT2D eigenvalue weighted by molar-refractivity contribution is -0.156. The number of aliphatic carboxylic acids is 2. The minimum Gasteiger partial charge on any atom is -0.483 e. The molecule has 0 unspecified atom stereocenters. The largest absolute Gasteiger partial charge is 0.483 e. The number of ether oxygens (including phenoxy) is 2. The van der Waals surface area contributed by atoms with E-state index in [0.29, 0.717) is 23.7 Å². The maximum Gasteiger partial charge on any atom is 0.409 e. The molecule has 3 heterocycles. The summed E-state index contributed by atoms with van der Waals surface area (Å²) in [6.45, 7) is 5.83. The lowest BCUT2D eigenvalue weighted by Gasteiger charge is -2.35. The smallest absolute Gasteiger partial charge is 0.409 e. The number of nitrogens with zero attached hydrogens (tertiary/aromatic N) is 4. The van der Waals surface area contributed by atoms with Crippen molar-refractivity contribution in [1.29, 1.82) is 0 Å². The zero-order valence-corrected chi connectivity index (χ0v) is 26.1. The summed E-state index contributed by atoms with van der Waals surface area (Å²) in [5.41, 5.74) is -0.246. The van der Waals surface area contributed by atoms with Gasteiger partial charge in [0.1, 0.15) is 23.0 Å². The van der Waals surface area contributed by atoms with E-state index in [0.717, 1.165) is 5.56 Å². The van der Waals surface area contributed by atoms with Crippen LogP contribution < -0.4 is 10.1 Å². The van der Waals surface area contributed by atoms with E-state index in [1.807, 2.05) is 13.0 Å². The van der Waals surface area contributed by atoms with Gasteiger partial charge in [-0.2, -0.15) is 0 Å². The van der Waals surface area contributed by atoms with E-state index in [4.69, 9.17) is 9.47 Å². The molecule has 2 atom stereocenters. The highest BCUT2D eigenvalue weighted by Gasteiger charge is 2.46. The van der Waals surface area contributed by atoms with Crippen LogP contribution in [-0.2, 0) is 23.9 Å². The maximum atomic E-state index is 13.5. The van der Waals surface area contributed by atoms with Gasteiger partial charge in [-0.25, -0.2) is 14.6 Å². The van der Waals surface area contributed by atoms with E-state index in [9.17, 15) is 39.0 Å². The van der Waals surface area contributed by atoms with E-state index in [1.54, 1.807) is 19.1 Å². The molecule has 0 aliphatic carbocycles. The van der Waals surface area contributed by atoms with Crippen LogP contribution >= 0.6 is 0 Å². The Labute approximate surface area is 265 Å². The molecule has 0 saturated carbocycles. The molecule has 2 aromatic rings. The predicted molar refractivity (Wildman–Crippen MR) is 162 cm³/mol. The number of pyridine rings is 1. The first-order chi connectivity index (χ1) is 21.8. The van der Waals surface area contributed by atoms with Gasteiger partial charge in [0, 0.05) is 50.6 Å². The Morgan fingerprint density at radius 2 is 1.72 bits per heavy atom. The Kier molecular flexibility index (Phi) is 10.6. The van der Waals surface area contributed by atoms with Gasteiger partial charge >= 0.3 is 18.0 Å². The van der Waals surface area contributed by atoms with Crippen molar-refractivity contribution in [3.63, 3.8) is 0 Å². The number of fused-ring (bicyclic) bond motifs is 1. The van der Waals surface area contributed by atoms with E-state index in [1.165, 1.54) is 27.7 Å². The van der Waals surface area contributed by atoms with Crippen LogP contribution in [0.25, 0.3) is 10.9 Å². The van der Waals surface area contributed by atoms with E-state index >= 15 is 0 Å². The lowest BCUT2D eigenvalue weighted by Crippen LogP contribution is -2.56. The van der Waals surface area contributed by atoms with Gasteiger partial charge in [0.2, 0.25) is 5.91 Å². The molecular formula is C31H39N5O10. The van der Waals surface area contributed by atoms with Crippen LogP contribution in [-0.4, -0.2) is 123 Å². The molecule has 1 aromatic carbocycles. The third kappa shape index (κ3) is 7.64. The van der Waals surface area contributed by atoms with Gasteiger partial charge in [-0.3, -0.25) is 19.2 Å². The second kappa shape index (κ2) is 14.4. The number of carboxylic acids is 2. The molecule has 2 saturated heterocycles. The minimum atomic E-state index is -1.34. The van der Waals surface area contributed by atoms with Crippen LogP contribution in [0.2, 0.25) is 0 Å². The standard InChI is InChI=1S/C31H39N5O10/c1-4-45-30(44)35-14-12-34(13-15-35)28(41)21(8-9-26(38)39)33-27(40)23-17-24(20-7-6-19(2)16-22(20)32-23)46-18-25(37)36-11-5-10-31(36,3)29(42)43/h6-7,16-17,21H,4-5,8-15,18H2,1-3H3,(H,33,40)(H,38,39)(H,42,43)/t21-,31-/m0/s1. The normalized spacial score (nSPS) is 18.6. The number of nitrogens with one attached hydrogen (secondary N) is 1. The number of hydrogen-bond donors (Lipinski definition) is 3. The zero-order chi connectivity index (χ0) is 33.6. The molecule has 3 N–H and O–H groups in total. The molecule has 0 radical (unpaired) electrons. The van der Waals surface area contributed by atoms with Crippen molar-refractivity contribution in [3.05, 3.63) is 35.5 Å². The number of amides is 4. The van der Waals surface area contributed by atoms with Crippen molar-refractivity contribution >= 4 is 46.7 Å². The molecule has 2 fully saturated rings. The number of aryl methyl sites for hydroxylation is 1. The van der Waals surface area contributed by atoms with Crippen molar-refractivity contribution in [2.24, 2.45) is 0 Å². The molecule has 2 aliphatic heterocycles. The fraction of sp³-hybridized carbons (Fsp3) is 0.516. The fourth-order valence-corrected chi connectivity index (χ4v) is 5.65. The van der Waals surface area contributed by atoms with Crippen LogP contribution in [0.3, 0.4) is 0 Å². The Balaban J connectivity index is 1.53. The summed E-state index contributed by atoms with van der Waals surface area (Å²) >= 11 is 0. The molecule has 248 valence electrons. The van der Waals surface area contributed by atoms with Crippen LogP contribution in [0.1, 0.15) is 55.6 Å². The second-order valence-electron chi connectivity index (χ2n) is 11.5. The summed E-state index contributed by atoms with van der Waals surface area (Å²) in [6, 6.07) is 5.40. The van der Waals surface area contributed by atoms with Gasteiger partial charge in [-0.15, -0.1) is 0 Å². The van der Waals surface area contributed by atoms with Crippen LogP contribution in [0.4, 0.5) is 4.79 Å². The number of carbonyl (C=O) groups excluding carboxylic acids is 4. The number of likely N-dealkylation sites (tertiary alicyclic amines) is 1. The summed E-state index contributed by atoms with van der Waals surface area (Å²) in [7, 11) is 0.